The summed E-state index contributed by atoms with van der Waals surface area (Å²) in [6.07, 6.45) is 2.77. The van der Waals surface area contributed by atoms with E-state index in [1.54, 1.807) is 11.4 Å². The Kier molecular flexibility index (Phi) is 3.70. The largest absolute Gasteiger partial charge is 0.332 e. The molecule has 3 aromatic heterocycles. The summed E-state index contributed by atoms with van der Waals surface area (Å²) in [6, 6.07) is 0.218. The van der Waals surface area contributed by atoms with Crippen molar-refractivity contribution in [3.8, 4) is 0 Å². The first kappa shape index (κ1) is 16.2. The summed E-state index contributed by atoms with van der Waals surface area (Å²) in [5, 5.41) is 0. The van der Waals surface area contributed by atoms with Crippen LogP contribution < -0.4 is 11.2 Å². The topological polar surface area (TPSA) is 83.3 Å². The number of rotatable bonds is 4. The van der Waals surface area contributed by atoms with Gasteiger partial charge in [-0.3, -0.25) is 23.1 Å². The molecule has 0 saturated carbocycles. The predicted molar refractivity (Wildman–Crippen MR) is 90.6 cm³/mol. The fourth-order valence-corrected chi connectivity index (χ4v) is 3.12. The summed E-state index contributed by atoms with van der Waals surface area (Å²) < 4.78 is 6.06. The zero-order chi connectivity index (χ0) is 17.8. The maximum Gasteiger partial charge on any atom is 0.332 e. The van der Waals surface area contributed by atoms with Gasteiger partial charge in [-0.1, -0.05) is 6.92 Å². The molecule has 0 aliphatic heterocycles. The number of ketones is 1. The fourth-order valence-electron chi connectivity index (χ4n) is 3.12. The van der Waals surface area contributed by atoms with Crippen LogP contribution in [0.4, 0.5) is 0 Å². The smallest absolute Gasteiger partial charge is 0.311 e. The van der Waals surface area contributed by atoms with Crippen LogP contribution in [0.5, 0.6) is 0 Å². The molecule has 3 heterocycles. The quantitative estimate of drug-likeness (QED) is 0.714. The van der Waals surface area contributed by atoms with Gasteiger partial charge in [-0.25, -0.2) is 4.79 Å². The highest BCUT2D eigenvalue weighted by Crippen LogP contribution is 2.21. The van der Waals surface area contributed by atoms with Gasteiger partial charge in [0.1, 0.15) is 5.78 Å². The molecule has 8 heteroatoms. The summed E-state index contributed by atoms with van der Waals surface area (Å²) in [7, 11) is 1.56. The number of carbonyl (C=O) groups is 1. The van der Waals surface area contributed by atoms with Crippen LogP contribution in [0.25, 0.3) is 16.9 Å². The molecule has 1 atom stereocenters. The monoisotopic (exact) mass is 331 g/mol. The number of aryl methyl sites for hydroxylation is 2. The van der Waals surface area contributed by atoms with Gasteiger partial charge in [0.2, 0.25) is 5.78 Å². The number of nitrogens with zero attached hydrogens (tertiary/aromatic N) is 5. The summed E-state index contributed by atoms with van der Waals surface area (Å²) in [5.74, 6) is 0.382. The molecule has 24 heavy (non-hydrogen) atoms. The van der Waals surface area contributed by atoms with Crippen LogP contribution in [0.2, 0.25) is 0 Å². The maximum absolute atomic E-state index is 12.8. The van der Waals surface area contributed by atoms with Gasteiger partial charge in [0.05, 0.1) is 6.54 Å². The molecule has 0 saturated heterocycles. The summed E-state index contributed by atoms with van der Waals surface area (Å²) >= 11 is 0. The Morgan fingerprint density at radius 2 is 2.00 bits per heavy atom. The number of hydrogen-bond donors (Lipinski definition) is 0. The third kappa shape index (κ3) is 2.13. The van der Waals surface area contributed by atoms with E-state index in [1.807, 2.05) is 13.1 Å². The third-order valence-electron chi connectivity index (χ3n) is 4.48. The molecule has 3 rings (SSSR count). The van der Waals surface area contributed by atoms with Crippen molar-refractivity contribution < 1.29 is 4.79 Å². The van der Waals surface area contributed by atoms with Gasteiger partial charge in [-0.15, -0.1) is 0 Å². The molecule has 0 bridgehead atoms. The second kappa shape index (κ2) is 5.47. The van der Waals surface area contributed by atoms with Crippen molar-refractivity contribution in [3.05, 3.63) is 32.7 Å². The normalized spacial score (nSPS) is 13.0. The molecule has 0 amide bonds. The van der Waals surface area contributed by atoms with E-state index in [2.05, 4.69) is 23.4 Å². The van der Waals surface area contributed by atoms with E-state index in [-0.39, 0.29) is 18.4 Å². The van der Waals surface area contributed by atoms with Crippen molar-refractivity contribution in [2.24, 2.45) is 7.05 Å². The SMILES string of the molecule is CC[C@@H](C)n1c(C)cn2c3c(=O)n(CC(C)=O)c(=O)n(C)c3nc12. The van der Waals surface area contributed by atoms with Crippen molar-refractivity contribution in [1.29, 1.82) is 0 Å². The van der Waals surface area contributed by atoms with Gasteiger partial charge in [0.25, 0.3) is 5.56 Å². The molecule has 0 aliphatic carbocycles. The lowest BCUT2D eigenvalue weighted by Gasteiger charge is -2.12. The number of hydrogen-bond acceptors (Lipinski definition) is 4. The molecule has 0 unspecified atom stereocenters. The minimum Gasteiger partial charge on any atom is -0.311 e. The molecule has 0 N–H and O–H groups in total. The first-order chi connectivity index (χ1) is 11.3. The first-order valence-corrected chi connectivity index (χ1v) is 7.96. The maximum atomic E-state index is 12.8. The molecule has 0 spiro atoms. The number of imidazole rings is 2. The molecule has 3 aromatic rings. The van der Waals surface area contributed by atoms with Crippen molar-refractivity contribution in [3.63, 3.8) is 0 Å². The molecule has 0 aromatic carbocycles. The Hall–Kier alpha value is -2.64. The van der Waals surface area contributed by atoms with E-state index < -0.39 is 11.2 Å². The van der Waals surface area contributed by atoms with Crippen LogP contribution in [0, 0.1) is 6.92 Å². The highest BCUT2D eigenvalue weighted by atomic mass is 16.2. The molecular weight excluding hydrogens is 310 g/mol. The minimum absolute atomic E-state index is 0.218. The van der Waals surface area contributed by atoms with E-state index in [4.69, 9.17) is 0 Å². The molecular formula is C16H21N5O3. The van der Waals surface area contributed by atoms with E-state index in [0.717, 1.165) is 16.7 Å². The first-order valence-electron chi connectivity index (χ1n) is 7.96. The van der Waals surface area contributed by atoms with Gasteiger partial charge < -0.3 is 4.57 Å². The molecule has 128 valence electrons. The van der Waals surface area contributed by atoms with Gasteiger partial charge >= 0.3 is 5.69 Å². The lowest BCUT2D eigenvalue weighted by atomic mass is 10.2. The van der Waals surface area contributed by atoms with E-state index in [0.29, 0.717) is 16.9 Å². The van der Waals surface area contributed by atoms with Crippen LogP contribution in [-0.2, 0) is 18.4 Å². The van der Waals surface area contributed by atoms with Crippen LogP contribution in [0.15, 0.2) is 15.8 Å². The number of aromatic nitrogens is 5. The van der Waals surface area contributed by atoms with Crippen LogP contribution >= 0.6 is 0 Å². The number of carbonyl (C=O) groups excluding carboxylic acids is 1. The van der Waals surface area contributed by atoms with Crippen LogP contribution in [0.1, 0.15) is 38.9 Å². The molecule has 0 radical (unpaired) electrons. The van der Waals surface area contributed by atoms with E-state index in [9.17, 15) is 14.4 Å². The van der Waals surface area contributed by atoms with E-state index in [1.165, 1.54) is 11.5 Å². The Balaban J connectivity index is 2.48. The zero-order valence-corrected chi connectivity index (χ0v) is 14.5. The molecule has 0 aliphatic rings. The van der Waals surface area contributed by atoms with E-state index >= 15 is 0 Å². The van der Waals surface area contributed by atoms with Crippen LogP contribution in [0.3, 0.4) is 0 Å². The second-order valence-electron chi connectivity index (χ2n) is 6.29. The number of fused-ring (bicyclic) bond motifs is 3. The Labute approximate surface area is 137 Å². The second-order valence-corrected chi connectivity index (χ2v) is 6.29. The minimum atomic E-state index is -0.532. The van der Waals surface area contributed by atoms with Gasteiger partial charge in [0.15, 0.2) is 11.2 Å². The lowest BCUT2D eigenvalue weighted by Crippen LogP contribution is -2.40. The third-order valence-corrected chi connectivity index (χ3v) is 4.48. The standard InChI is InChI=1S/C16H21N5O3/c1-6-9(2)21-10(3)7-19-12-13(17-15(19)21)18(5)16(24)20(14(12)23)8-11(4)22/h7,9H,6,8H2,1-5H3/t9-/m1/s1. The summed E-state index contributed by atoms with van der Waals surface area (Å²) in [5.41, 5.74) is 0.614. The Bertz CT molecular complexity index is 1080. The average molecular weight is 331 g/mol. The lowest BCUT2D eigenvalue weighted by molar-refractivity contribution is -0.117. The van der Waals surface area contributed by atoms with Crippen LogP contribution in [-0.4, -0.2) is 28.9 Å². The Morgan fingerprint density at radius 1 is 1.33 bits per heavy atom. The summed E-state index contributed by atoms with van der Waals surface area (Å²) in [6.45, 7) is 7.24. The van der Waals surface area contributed by atoms with Crippen molar-refractivity contribution in [2.75, 3.05) is 0 Å². The molecule has 8 nitrogen and oxygen atoms in total. The van der Waals surface area contributed by atoms with Crippen molar-refractivity contribution >= 4 is 22.7 Å². The molecule has 0 fully saturated rings. The fraction of sp³-hybridized carbons (Fsp3) is 0.500. The number of Topliss-reactive ketones (excluding diaryl/α,β-unsaturated/α-hetero) is 1. The zero-order valence-electron chi connectivity index (χ0n) is 14.5. The highest BCUT2D eigenvalue weighted by molar-refractivity contribution is 5.78. The van der Waals surface area contributed by atoms with Gasteiger partial charge in [-0.2, -0.15) is 4.98 Å². The van der Waals surface area contributed by atoms with Gasteiger partial charge in [-0.05, 0) is 27.2 Å². The van der Waals surface area contributed by atoms with Gasteiger partial charge in [0, 0.05) is 25.0 Å². The highest BCUT2D eigenvalue weighted by Gasteiger charge is 2.21. The average Bonchev–Trinajstić information content (AvgIpc) is 3.03. The Morgan fingerprint density at radius 3 is 2.58 bits per heavy atom. The summed E-state index contributed by atoms with van der Waals surface area (Å²) in [4.78, 5) is 41.2. The van der Waals surface area contributed by atoms with Crippen molar-refractivity contribution in [2.45, 2.75) is 46.7 Å². The predicted octanol–water partition coefficient (Wildman–Crippen LogP) is 1.02. The van der Waals surface area contributed by atoms with Crippen molar-refractivity contribution in [1.82, 2.24) is 23.1 Å².